The Balaban J connectivity index is 2.45. The summed E-state index contributed by atoms with van der Waals surface area (Å²) in [6, 6.07) is 14.3. The third-order valence-corrected chi connectivity index (χ3v) is 6.00. The van der Waals surface area contributed by atoms with Crippen LogP contribution < -0.4 is 0 Å². The van der Waals surface area contributed by atoms with Gasteiger partial charge >= 0.3 is 19.7 Å². The van der Waals surface area contributed by atoms with Crippen LogP contribution in [0.1, 0.15) is 18.4 Å². The van der Waals surface area contributed by atoms with Crippen LogP contribution in [0.25, 0.3) is 0 Å². The standard InChI is InChI=1S/C19H20NO7P/c21-16-9-5-4-8-15(16)20-18(13-6-2-1-3-7-13)28(26,27)12-14(19(24)25)10-11-17(22)23/h1-9,14,26-27H,10-12H2,(H2-,21,22,23,24,25)/p+1. The molecule has 2 aromatic carbocycles. The lowest BCUT2D eigenvalue weighted by atomic mass is 10.1. The minimum absolute atomic E-state index is 0.103. The molecule has 148 valence electrons. The summed E-state index contributed by atoms with van der Waals surface area (Å²) in [4.78, 5) is 48.1. The number of hydrogen-bond acceptors (Lipinski definition) is 6. The van der Waals surface area contributed by atoms with E-state index >= 15 is 0 Å². The highest BCUT2D eigenvalue weighted by atomic mass is 31.2. The highest BCUT2D eigenvalue weighted by Gasteiger charge is 2.46. The first-order valence-electron chi connectivity index (χ1n) is 8.41. The number of carboxylic acid groups (broad SMARTS) is 2. The van der Waals surface area contributed by atoms with Crippen LogP contribution in [0.15, 0.2) is 59.6 Å². The number of para-hydroxylation sites is 2. The Morgan fingerprint density at radius 1 is 0.964 bits per heavy atom. The van der Waals surface area contributed by atoms with E-state index < -0.39 is 38.2 Å². The van der Waals surface area contributed by atoms with E-state index in [0.29, 0.717) is 5.56 Å². The number of aromatic hydroxyl groups is 1. The van der Waals surface area contributed by atoms with Gasteiger partial charge in [-0.3, -0.25) is 9.59 Å². The van der Waals surface area contributed by atoms with Gasteiger partial charge in [0.2, 0.25) is 5.45 Å². The van der Waals surface area contributed by atoms with Crippen molar-refractivity contribution in [3.8, 4) is 5.75 Å². The smallest absolute Gasteiger partial charge is 0.320 e. The summed E-state index contributed by atoms with van der Waals surface area (Å²) in [6.07, 6.45) is -1.21. The van der Waals surface area contributed by atoms with Crippen LogP contribution >= 0.6 is 7.72 Å². The molecule has 0 aliphatic rings. The molecule has 9 heteroatoms. The molecular formula is C19H21NO7P+. The zero-order valence-electron chi connectivity index (χ0n) is 14.8. The van der Waals surface area contributed by atoms with Crippen molar-refractivity contribution in [1.29, 1.82) is 0 Å². The topological polar surface area (TPSA) is 148 Å². The molecule has 0 bridgehead atoms. The van der Waals surface area contributed by atoms with Crippen molar-refractivity contribution in [3.05, 3.63) is 60.2 Å². The van der Waals surface area contributed by atoms with Crippen molar-refractivity contribution in [3.63, 3.8) is 0 Å². The molecule has 2 aromatic rings. The lowest BCUT2D eigenvalue weighted by Gasteiger charge is -2.18. The van der Waals surface area contributed by atoms with E-state index in [1.165, 1.54) is 12.1 Å². The predicted molar refractivity (Wildman–Crippen MR) is 105 cm³/mol. The highest BCUT2D eigenvalue weighted by Crippen LogP contribution is 2.56. The Labute approximate surface area is 161 Å². The molecule has 0 saturated carbocycles. The van der Waals surface area contributed by atoms with Crippen molar-refractivity contribution in [2.24, 2.45) is 10.9 Å². The van der Waals surface area contributed by atoms with Crippen LogP contribution in [0.3, 0.4) is 0 Å². The van der Waals surface area contributed by atoms with Gasteiger partial charge in [-0.25, -0.2) is 14.8 Å². The number of aliphatic imine (C=N–C) groups is 1. The maximum atomic E-state index is 11.5. The molecule has 0 heterocycles. The van der Waals surface area contributed by atoms with Gasteiger partial charge < -0.3 is 15.3 Å². The number of carboxylic acids is 2. The van der Waals surface area contributed by atoms with Gasteiger partial charge in [-0.05, 0) is 30.7 Å². The van der Waals surface area contributed by atoms with E-state index in [0.717, 1.165) is 0 Å². The largest absolute Gasteiger partial charge is 0.506 e. The number of benzene rings is 2. The Bertz CT molecular complexity index is 868. The molecule has 0 aliphatic heterocycles. The molecule has 0 aliphatic carbocycles. The van der Waals surface area contributed by atoms with Gasteiger partial charge in [-0.15, -0.1) is 0 Å². The van der Waals surface area contributed by atoms with Crippen molar-refractivity contribution in [2.45, 2.75) is 12.8 Å². The van der Waals surface area contributed by atoms with Crippen LogP contribution in [-0.4, -0.2) is 48.7 Å². The maximum Gasteiger partial charge on any atom is 0.320 e. The van der Waals surface area contributed by atoms with E-state index in [9.17, 15) is 29.6 Å². The van der Waals surface area contributed by atoms with E-state index in [-0.39, 0.29) is 23.3 Å². The first kappa shape index (κ1) is 21.5. The zero-order chi connectivity index (χ0) is 20.7. The highest BCUT2D eigenvalue weighted by molar-refractivity contribution is 7.82. The van der Waals surface area contributed by atoms with E-state index in [2.05, 4.69) is 4.99 Å². The molecule has 0 amide bonds. The normalized spacial score (nSPS) is 13.1. The van der Waals surface area contributed by atoms with Crippen molar-refractivity contribution < 1.29 is 34.7 Å². The summed E-state index contributed by atoms with van der Waals surface area (Å²) in [6.45, 7) is 0. The Hall–Kier alpha value is -2.80. The third-order valence-electron chi connectivity index (χ3n) is 4.01. The Morgan fingerprint density at radius 2 is 1.57 bits per heavy atom. The maximum absolute atomic E-state index is 11.5. The third kappa shape index (κ3) is 5.85. The monoisotopic (exact) mass is 406 g/mol. The van der Waals surface area contributed by atoms with Crippen LogP contribution in [-0.2, 0) is 9.59 Å². The fourth-order valence-electron chi connectivity index (χ4n) is 2.60. The second-order valence-corrected chi connectivity index (χ2v) is 8.42. The molecule has 0 fully saturated rings. The summed E-state index contributed by atoms with van der Waals surface area (Å²) in [7, 11) is -4.06. The first-order valence-corrected chi connectivity index (χ1v) is 10.3. The SMILES string of the molecule is O=C(O)CCC(C[P+](O)(O)C(=Nc1ccccc1O)c1ccccc1)C(=O)O. The number of nitrogens with zero attached hydrogens (tertiary/aromatic N) is 1. The van der Waals surface area contributed by atoms with Gasteiger partial charge in [0, 0.05) is 12.0 Å². The molecule has 0 saturated heterocycles. The summed E-state index contributed by atoms with van der Waals surface area (Å²) in [5.41, 5.74) is 0.328. The van der Waals surface area contributed by atoms with E-state index in [4.69, 9.17) is 5.11 Å². The van der Waals surface area contributed by atoms with Gasteiger partial charge in [0.05, 0.1) is 5.92 Å². The average Bonchev–Trinajstić information content (AvgIpc) is 2.64. The number of phenols is 1. The van der Waals surface area contributed by atoms with Gasteiger partial charge in [0.1, 0.15) is 17.6 Å². The van der Waals surface area contributed by atoms with E-state index in [1.807, 2.05) is 0 Å². The first-order chi connectivity index (χ1) is 13.2. The summed E-state index contributed by atoms with van der Waals surface area (Å²) in [5, 5.41) is 28.1. The second kappa shape index (κ2) is 9.41. The molecule has 0 spiro atoms. The quantitative estimate of drug-likeness (QED) is 0.318. The van der Waals surface area contributed by atoms with Crippen molar-refractivity contribution >= 4 is 30.8 Å². The lowest BCUT2D eigenvalue weighted by Crippen LogP contribution is -2.24. The molecule has 0 radical (unpaired) electrons. The van der Waals surface area contributed by atoms with Crippen LogP contribution in [0.2, 0.25) is 0 Å². The molecule has 5 N–H and O–H groups in total. The van der Waals surface area contributed by atoms with Crippen molar-refractivity contribution in [1.82, 2.24) is 0 Å². The number of aliphatic carboxylic acids is 2. The molecule has 1 unspecified atom stereocenters. The fraction of sp³-hybridized carbons (Fsp3) is 0.211. The second-order valence-electron chi connectivity index (χ2n) is 6.17. The lowest BCUT2D eigenvalue weighted by molar-refractivity contribution is -0.142. The van der Waals surface area contributed by atoms with Crippen LogP contribution in [0.5, 0.6) is 5.75 Å². The summed E-state index contributed by atoms with van der Waals surface area (Å²) >= 11 is 0. The van der Waals surface area contributed by atoms with Gasteiger partial charge in [0.25, 0.3) is 0 Å². The van der Waals surface area contributed by atoms with E-state index in [1.54, 1.807) is 42.5 Å². The average molecular weight is 406 g/mol. The fourth-order valence-corrected chi connectivity index (χ4v) is 4.55. The van der Waals surface area contributed by atoms with Crippen molar-refractivity contribution in [2.75, 3.05) is 6.16 Å². The van der Waals surface area contributed by atoms with Crippen LogP contribution in [0.4, 0.5) is 5.69 Å². The number of phenolic OH excluding ortho intramolecular Hbond substituents is 1. The minimum atomic E-state index is -4.06. The summed E-state index contributed by atoms with van der Waals surface area (Å²) in [5.74, 6) is -3.92. The Kier molecular flexibility index (Phi) is 7.23. The Morgan fingerprint density at radius 3 is 2.14 bits per heavy atom. The molecule has 1 atom stereocenters. The number of rotatable bonds is 9. The van der Waals surface area contributed by atoms with Gasteiger partial charge in [-0.2, -0.15) is 0 Å². The van der Waals surface area contributed by atoms with Crippen LogP contribution in [0, 0.1) is 5.92 Å². The molecular weight excluding hydrogens is 385 g/mol. The van der Waals surface area contributed by atoms with Gasteiger partial charge in [0.15, 0.2) is 0 Å². The summed E-state index contributed by atoms with van der Waals surface area (Å²) < 4.78 is 0. The molecule has 2 rings (SSSR count). The predicted octanol–water partition coefficient (Wildman–Crippen LogP) is 2.87. The van der Waals surface area contributed by atoms with Gasteiger partial charge in [-0.1, -0.05) is 30.3 Å². The minimum Gasteiger partial charge on any atom is -0.506 e. The number of carbonyl (C=O) groups is 2. The molecule has 28 heavy (non-hydrogen) atoms. The molecule has 0 aromatic heterocycles. The zero-order valence-corrected chi connectivity index (χ0v) is 15.7. The molecule has 8 nitrogen and oxygen atoms in total. The number of hydrogen-bond donors (Lipinski definition) is 5.